The van der Waals surface area contributed by atoms with Gasteiger partial charge >= 0.3 is 0 Å². The van der Waals surface area contributed by atoms with Crippen molar-refractivity contribution in [2.45, 2.75) is 11.1 Å². The van der Waals surface area contributed by atoms with Crippen LogP contribution in [0.5, 0.6) is 0 Å². The van der Waals surface area contributed by atoms with E-state index in [0.717, 1.165) is 31.3 Å². The molecule has 2 heterocycles. The van der Waals surface area contributed by atoms with Gasteiger partial charge in [0.05, 0.1) is 19.3 Å². The number of morpholine rings is 1. The van der Waals surface area contributed by atoms with Crippen molar-refractivity contribution in [1.82, 2.24) is 15.1 Å². The molecule has 1 atom stereocenters. The second-order valence-electron chi connectivity index (χ2n) is 4.41. The average molecular weight is 284 g/mol. The Morgan fingerprint density at radius 3 is 2.84 bits per heavy atom. The molecule has 1 aliphatic rings. The molecule has 1 aromatic heterocycles. The number of aliphatic hydroxyl groups excluding tert-OH is 1. The van der Waals surface area contributed by atoms with Gasteiger partial charge in [0.25, 0.3) is 0 Å². The molecule has 1 saturated heterocycles. The molecule has 0 bridgehead atoms. The van der Waals surface area contributed by atoms with Crippen LogP contribution in [0.25, 0.3) is 0 Å². The quantitative estimate of drug-likeness (QED) is 0.728. The summed E-state index contributed by atoms with van der Waals surface area (Å²) in [6.45, 7) is 4.42. The minimum atomic E-state index is -0.417. The van der Waals surface area contributed by atoms with Crippen LogP contribution in [-0.4, -0.2) is 72.0 Å². The van der Waals surface area contributed by atoms with Crippen LogP contribution in [0.2, 0.25) is 0 Å². The maximum absolute atomic E-state index is 9.97. The minimum Gasteiger partial charge on any atom is -0.390 e. The van der Waals surface area contributed by atoms with Crippen LogP contribution in [0.4, 0.5) is 5.82 Å². The number of β-amino-alcohol motifs (C(OH)–C–C–N with tert-alkyl or cyclic N) is 1. The topological polar surface area (TPSA) is 70.5 Å². The van der Waals surface area contributed by atoms with Gasteiger partial charge < -0.3 is 15.2 Å². The van der Waals surface area contributed by atoms with Gasteiger partial charge in [0.1, 0.15) is 10.8 Å². The van der Waals surface area contributed by atoms with Gasteiger partial charge in [-0.15, -0.1) is 22.0 Å². The first-order valence-electron chi connectivity index (χ1n) is 6.37. The van der Waals surface area contributed by atoms with Gasteiger partial charge in [-0.1, -0.05) is 0 Å². The second-order valence-corrected chi connectivity index (χ2v) is 5.24. The summed E-state index contributed by atoms with van der Waals surface area (Å²) in [5.41, 5.74) is 0. The number of ether oxygens (including phenoxy) is 1. The van der Waals surface area contributed by atoms with Gasteiger partial charge in [0, 0.05) is 26.2 Å². The fraction of sp³-hybridized carbons (Fsp3) is 0.667. The number of nitrogens with zero attached hydrogens (tertiary/aromatic N) is 3. The molecule has 19 heavy (non-hydrogen) atoms. The van der Waals surface area contributed by atoms with Gasteiger partial charge in [-0.2, -0.15) is 0 Å². The maximum atomic E-state index is 9.97. The van der Waals surface area contributed by atoms with Gasteiger partial charge in [0.15, 0.2) is 0 Å². The third kappa shape index (κ3) is 4.94. The first kappa shape index (κ1) is 14.5. The SMILES string of the molecule is CSc1ccc(NCC(O)CN2CCOCC2)nn1. The highest BCUT2D eigenvalue weighted by molar-refractivity contribution is 7.98. The summed E-state index contributed by atoms with van der Waals surface area (Å²) < 4.78 is 5.27. The van der Waals surface area contributed by atoms with Crippen molar-refractivity contribution >= 4 is 17.6 Å². The highest BCUT2D eigenvalue weighted by Gasteiger charge is 2.14. The fourth-order valence-electron chi connectivity index (χ4n) is 1.89. The first-order chi connectivity index (χ1) is 9.28. The van der Waals surface area contributed by atoms with E-state index in [1.165, 1.54) is 0 Å². The molecule has 0 amide bonds. The normalized spacial score (nSPS) is 18.2. The molecule has 2 rings (SSSR count). The van der Waals surface area contributed by atoms with E-state index in [1.807, 2.05) is 18.4 Å². The number of aliphatic hydroxyl groups is 1. The number of anilines is 1. The molecule has 7 heteroatoms. The molecule has 1 fully saturated rings. The van der Waals surface area contributed by atoms with E-state index >= 15 is 0 Å². The molecule has 0 saturated carbocycles. The molecular weight excluding hydrogens is 264 g/mol. The zero-order valence-corrected chi connectivity index (χ0v) is 11.9. The Bertz CT molecular complexity index is 370. The van der Waals surface area contributed by atoms with E-state index in [2.05, 4.69) is 20.4 Å². The Morgan fingerprint density at radius 2 is 2.21 bits per heavy atom. The van der Waals surface area contributed by atoms with Crippen LogP contribution in [-0.2, 0) is 4.74 Å². The van der Waals surface area contributed by atoms with Crippen molar-refractivity contribution in [1.29, 1.82) is 0 Å². The number of aromatic nitrogens is 2. The molecule has 0 aliphatic carbocycles. The number of thioether (sulfide) groups is 1. The minimum absolute atomic E-state index is 0.417. The lowest BCUT2D eigenvalue weighted by atomic mass is 10.3. The lowest BCUT2D eigenvalue weighted by molar-refractivity contribution is 0.0171. The molecule has 1 aromatic rings. The molecule has 0 aromatic carbocycles. The van der Waals surface area contributed by atoms with Crippen LogP contribution in [0.3, 0.4) is 0 Å². The summed E-state index contributed by atoms with van der Waals surface area (Å²) in [7, 11) is 0. The van der Waals surface area contributed by atoms with E-state index in [1.54, 1.807) is 11.8 Å². The summed E-state index contributed by atoms with van der Waals surface area (Å²) in [6, 6.07) is 3.79. The third-order valence-corrected chi connectivity index (χ3v) is 3.58. The fourth-order valence-corrected chi connectivity index (χ4v) is 2.22. The van der Waals surface area contributed by atoms with Gasteiger partial charge in [-0.05, 0) is 18.4 Å². The van der Waals surface area contributed by atoms with Gasteiger partial charge in [-0.25, -0.2) is 0 Å². The number of hydrogen-bond donors (Lipinski definition) is 2. The number of hydrogen-bond acceptors (Lipinski definition) is 7. The predicted octanol–water partition coefficient (Wildman–Crippen LogP) is 0.303. The summed E-state index contributed by atoms with van der Waals surface area (Å²) in [6.07, 6.45) is 1.54. The van der Waals surface area contributed by atoms with Crippen molar-refractivity contribution in [2.75, 3.05) is 51.0 Å². The Kier molecular flexibility index (Phi) is 5.84. The molecule has 106 valence electrons. The lowest BCUT2D eigenvalue weighted by Crippen LogP contribution is -2.42. The Morgan fingerprint density at radius 1 is 1.42 bits per heavy atom. The van der Waals surface area contributed by atoms with E-state index in [-0.39, 0.29) is 0 Å². The highest BCUT2D eigenvalue weighted by Crippen LogP contribution is 2.11. The van der Waals surface area contributed by atoms with E-state index in [4.69, 9.17) is 4.74 Å². The van der Waals surface area contributed by atoms with Crippen LogP contribution < -0.4 is 5.32 Å². The summed E-state index contributed by atoms with van der Waals surface area (Å²) in [5, 5.41) is 22.0. The summed E-state index contributed by atoms with van der Waals surface area (Å²) >= 11 is 1.56. The van der Waals surface area contributed by atoms with Gasteiger partial charge in [0.2, 0.25) is 0 Å². The maximum Gasteiger partial charge on any atom is 0.148 e. The largest absolute Gasteiger partial charge is 0.390 e. The van der Waals surface area contributed by atoms with Crippen molar-refractivity contribution in [2.24, 2.45) is 0 Å². The zero-order chi connectivity index (χ0) is 13.5. The van der Waals surface area contributed by atoms with Crippen molar-refractivity contribution in [3.63, 3.8) is 0 Å². The van der Waals surface area contributed by atoms with Crippen LogP contribution >= 0.6 is 11.8 Å². The standard InChI is InChI=1S/C12H20N4O2S/c1-19-12-3-2-11(14-15-12)13-8-10(17)9-16-4-6-18-7-5-16/h2-3,10,17H,4-9H2,1H3,(H,13,14). The first-order valence-corrected chi connectivity index (χ1v) is 7.60. The summed E-state index contributed by atoms with van der Waals surface area (Å²) in [5.74, 6) is 0.693. The van der Waals surface area contributed by atoms with Crippen molar-refractivity contribution in [3.8, 4) is 0 Å². The van der Waals surface area contributed by atoms with E-state index in [0.29, 0.717) is 18.9 Å². The third-order valence-electron chi connectivity index (χ3n) is 2.94. The number of nitrogens with one attached hydrogen (secondary N) is 1. The molecular formula is C12H20N4O2S. The Hall–Kier alpha value is -0.890. The van der Waals surface area contributed by atoms with Crippen LogP contribution in [0.1, 0.15) is 0 Å². The molecule has 2 N–H and O–H groups in total. The summed E-state index contributed by atoms with van der Waals surface area (Å²) in [4.78, 5) is 2.21. The molecule has 6 nitrogen and oxygen atoms in total. The molecule has 0 radical (unpaired) electrons. The van der Waals surface area contributed by atoms with E-state index < -0.39 is 6.10 Å². The van der Waals surface area contributed by atoms with Gasteiger partial charge in [-0.3, -0.25) is 4.90 Å². The average Bonchev–Trinajstić information content (AvgIpc) is 2.47. The van der Waals surface area contributed by atoms with Crippen molar-refractivity contribution < 1.29 is 9.84 Å². The lowest BCUT2D eigenvalue weighted by Gasteiger charge is -2.28. The molecule has 1 aliphatic heterocycles. The monoisotopic (exact) mass is 284 g/mol. The molecule has 1 unspecified atom stereocenters. The predicted molar refractivity (Wildman–Crippen MR) is 75.6 cm³/mol. The second kappa shape index (κ2) is 7.64. The van der Waals surface area contributed by atoms with Crippen LogP contribution in [0, 0.1) is 0 Å². The Balaban J connectivity index is 1.71. The smallest absolute Gasteiger partial charge is 0.148 e. The van der Waals surface area contributed by atoms with Crippen molar-refractivity contribution in [3.05, 3.63) is 12.1 Å². The van der Waals surface area contributed by atoms with Crippen LogP contribution in [0.15, 0.2) is 17.2 Å². The Labute approximate surface area is 117 Å². The molecule has 0 spiro atoms. The zero-order valence-electron chi connectivity index (χ0n) is 11.1. The van der Waals surface area contributed by atoms with E-state index in [9.17, 15) is 5.11 Å². The highest BCUT2D eigenvalue weighted by atomic mass is 32.2. The number of rotatable bonds is 6.